The largest absolute Gasteiger partial charge is 0.507 e. The molecule has 0 bridgehead atoms. The minimum Gasteiger partial charge on any atom is -0.507 e. The van der Waals surface area contributed by atoms with Crippen molar-refractivity contribution in [2.24, 2.45) is 0 Å². The van der Waals surface area contributed by atoms with Crippen LogP contribution in [-0.2, 0) is 9.53 Å². The van der Waals surface area contributed by atoms with Crippen LogP contribution in [0.4, 0.5) is 0 Å². The zero-order chi connectivity index (χ0) is 14.8. The highest BCUT2D eigenvalue weighted by atomic mass is 16.5. The van der Waals surface area contributed by atoms with E-state index in [9.17, 15) is 14.7 Å². The number of carbonyl (C=O) groups is 2. The van der Waals surface area contributed by atoms with Gasteiger partial charge in [0.2, 0.25) is 0 Å². The van der Waals surface area contributed by atoms with Crippen molar-refractivity contribution in [2.45, 2.75) is 31.8 Å². The molecule has 1 N–H and O–H groups in total. The van der Waals surface area contributed by atoms with Crippen LogP contribution in [-0.4, -0.2) is 23.0 Å². The molecule has 0 aliphatic heterocycles. The summed E-state index contributed by atoms with van der Waals surface area (Å²) in [5.74, 6) is -0.796. The number of esters is 1. The molecule has 0 amide bonds. The van der Waals surface area contributed by atoms with Crippen LogP contribution < -0.4 is 0 Å². The lowest BCUT2D eigenvalue weighted by Gasteiger charge is -2.20. The second-order valence-electron chi connectivity index (χ2n) is 5.32. The van der Waals surface area contributed by atoms with Crippen LogP contribution in [0.2, 0.25) is 0 Å². The molecule has 4 heteroatoms. The minimum absolute atomic E-state index is 0.0325. The molecule has 4 nitrogen and oxygen atoms in total. The molecular weight excluding hydrogens is 268 g/mol. The van der Waals surface area contributed by atoms with E-state index in [0.29, 0.717) is 12.8 Å². The standard InChI is InChI=1S/C17H16O4/c18-14-7-3-4-8-16(14)21-17(20)13-9-11-5-1-2-6-12(11)10-15(13)19/h1-2,5-6,9-10,16,19H,3-4,7-8H2. The van der Waals surface area contributed by atoms with E-state index in [1.165, 1.54) is 6.07 Å². The first kappa shape index (κ1) is 13.6. The molecule has 1 saturated carbocycles. The number of benzene rings is 2. The van der Waals surface area contributed by atoms with E-state index >= 15 is 0 Å². The van der Waals surface area contributed by atoms with Crippen LogP contribution in [0.15, 0.2) is 36.4 Å². The van der Waals surface area contributed by atoms with Crippen molar-refractivity contribution in [1.29, 1.82) is 0 Å². The molecule has 2 aromatic rings. The molecular formula is C17H16O4. The van der Waals surface area contributed by atoms with Crippen molar-refractivity contribution in [3.8, 4) is 5.75 Å². The molecule has 0 saturated heterocycles. The maximum atomic E-state index is 12.2. The molecule has 1 unspecified atom stereocenters. The van der Waals surface area contributed by atoms with Crippen LogP contribution in [0.3, 0.4) is 0 Å². The summed E-state index contributed by atoms with van der Waals surface area (Å²) >= 11 is 0. The third-order valence-corrected chi connectivity index (χ3v) is 3.83. The van der Waals surface area contributed by atoms with E-state index in [2.05, 4.69) is 0 Å². The number of aromatic hydroxyl groups is 1. The van der Waals surface area contributed by atoms with Crippen LogP contribution in [0.25, 0.3) is 10.8 Å². The highest BCUT2D eigenvalue weighted by Gasteiger charge is 2.27. The van der Waals surface area contributed by atoms with Crippen LogP contribution in [0, 0.1) is 0 Å². The third kappa shape index (κ3) is 2.75. The number of phenols is 1. The number of hydrogen-bond donors (Lipinski definition) is 1. The smallest absolute Gasteiger partial charge is 0.342 e. The SMILES string of the molecule is O=C(OC1CCCCC1=O)c1cc2ccccc2cc1O. The topological polar surface area (TPSA) is 63.6 Å². The Morgan fingerprint density at radius 2 is 1.86 bits per heavy atom. The van der Waals surface area contributed by atoms with Gasteiger partial charge in [-0.1, -0.05) is 24.3 Å². The Kier molecular flexibility index (Phi) is 3.60. The maximum Gasteiger partial charge on any atom is 0.342 e. The third-order valence-electron chi connectivity index (χ3n) is 3.83. The van der Waals surface area contributed by atoms with Gasteiger partial charge in [-0.3, -0.25) is 4.79 Å². The Hall–Kier alpha value is -2.36. The first-order valence-electron chi connectivity index (χ1n) is 7.10. The van der Waals surface area contributed by atoms with Gasteiger partial charge in [0.25, 0.3) is 0 Å². The quantitative estimate of drug-likeness (QED) is 0.860. The number of carbonyl (C=O) groups excluding carboxylic acids is 2. The van der Waals surface area contributed by atoms with Crippen LogP contribution in [0.1, 0.15) is 36.0 Å². The number of phenolic OH excluding ortho intramolecular Hbond substituents is 1. The first-order valence-corrected chi connectivity index (χ1v) is 7.10. The van der Waals surface area contributed by atoms with Gasteiger partial charge in [0, 0.05) is 6.42 Å². The minimum atomic E-state index is -0.669. The normalized spacial score (nSPS) is 18.7. The molecule has 0 spiro atoms. The molecule has 0 aromatic heterocycles. The number of fused-ring (bicyclic) bond motifs is 1. The van der Waals surface area contributed by atoms with Crippen molar-refractivity contribution in [3.05, 3.63) is 42.0 Å². The van der Waals surface area contributed by atoms with Gasteiger partial charge in [0.05, 0.1) is 0 Å². The Labute approximate surface area is 122 Å². The van der Waals surface area contributed by atoms with Crippen molar-refractivity contribution < 1.29 is 19.4 Å². The zero-order valence-electron chi connectivity index (χ0n) is 11.5. The molecule has 1 atom stereocenters. The van der Waals surface area contributed by atoms with E-state index in [4.69, 9.17) is 4.74 Å². The predicted molar refractivity (Wildman–Crippen MR) is 78.3 cm³/mol. The van der Waals surface area contributed by atoms with Gasteiger partial charge in [-0.15, -0.1) is 0 Å². The molecule has 2 aromatic carbocycles. The van der Waals surface area contributed by atoms with Crippen LogP contribution >= 0.6 is 0 Å². The van der Waals surface area contributed by atoms with E-state index < -0.39 is 12.1 Å². The molecule has 1 fully saturated rings. The number of hydrogen-bond acceptors (Lipinski definition) is 4. The Morgan fingerprint density at radius 3 is 2.57 bits per heavy atom. The van der Waals surface area contributed by atoms with Gasteiger partial charge >= 0.3 is 5.97 Å². The summed E-state index contributed by atoms with van der Waals surface area (Å²) in [6.07, 6.45) is 2.10. The molecule has 21 heavy (non-hydrogen) atoms. The number of ether oxygens (including phenoxy) is 1. The summed E-state index contributed by atoms with van der Waals surface area (Å²) in [6.45, 7) is 0. The Balaban J connectivity index is 1.87. The Bertz CT molecular complexity index is 705. The number of rotatable bonds is 2. The highest BCUT2D eigenvalue weighted by Crippen LogP contribution is 2.27. The zero-order valence-corrected chi connectivity index (χ0v) is 11.5. The lowest BCUT2D eigenvalue weighted by atomic mass is 9.96. The number of Topliss-reactive ketones (excluding diaryl/α,β-unsaturated/α-hetero) is 1. The average molecular weight is 284 g/mol. The van der Waals surface area contributed by atoms with Crippen molar-refractivity contribution in [1.82, 2.24) is 0 Å². The van der Waals surface area contributed by atoms with Gasteiger partial charge in [0.1, 0.15) is 11.3 Å². The molecule has 0 heterocycles. The average Bonchev–Trinajstić information content (AvgIpc) is 2.49. The lowest BCUT2D eigenvalue weighted by molar-refractivity contribution is -0.129. The number of ketones is 1. The summed E-state index contributed by atoms with van der Waals surface area (Å²) in [7, 11) is 0. The second kappa shape index (κ2) is 5.56. The van der Waals surface area contributed by atoms with Gasteiger partial charge in [0.15, 0.2) is 11.9 Å². The highest BCUT2D eigenvalue weighted by molar-refractivity contribution is 5.99. The lowest BCUT2D eigenvalue weighted by Crippen LogP contribution is -2.30. The van der Waals surface area contributed by atoms with E-state index in [1.807, 2.05) is 24.3 Å². The summed E-state index contributed by atoms with van der Waals surface area (Å²) in [5, 5.41) is 11.7. The summed E-state index contributed by atoms with van der Waals surface area (Å²) in [5.41, 5.74) is 0.104. The fraction of sp³-hybridized carbons (Fsp3) is 0.294. The van der Waals surface area contributed by atoms with Gasteiger partial charge < -0.3 is 9.84 Å². The monoisotopic (exact) mass is 284 g/mol. The fourth-order valence-electron chi connectivity index (χ4n) is 2.66. The van der Waals surface area contributed by atoms with E-state index in [1.54, 1.807) is 6.07 Å². The fourth-order valence-corrected chi connectivity index (χ4v) is 2.66. The molecule has 108 valence electrons. The molecule has 1 aliphatic rings. The molecule has 3 rings (SSSR count). The van der Waals surface area contributed by atoms with Crippen LogP contribution in [0.5, 0.6) is 5.75 Å². The van der Waals surface area contributed by atoms with Gasteiger partial charge in [-0.25, -0.2) is 4.79 Å². The summed E-state index contributed by atoms with van der Waals surface area (Å²) < 4.78 is 5.27. The summed E-state index contributed by atoms with van der Waals surface area (Å²) in [4.78, 5) is 23.9. The predicted octanol–water partition coefficient (Wildman–Crippen LogP) is 3.21. The van der Waals surface area contributed by atoms with Gasteiger partial charge in [-0.2, -0.15) is 0 Å². The second-order valence-corrected chi connectivity index (χ2v) is 5.32. The maximum absolute atomic E-state index is 12.2. The van der Waals surface area contributed by atoms with Crippen molar-refractivity contribution in [3.63, 3.8) is 0 Å². The first-order chi connectivity index (χ1) is 10.1. The van der Waals surface area contributed by atoms with E-state index in [-0.39, 0.29) is 17.1 Å². The molecule has 1 aliphatic carbocycles. The van der Waals surface area contributed by atoms with Crippen molar-refractivity contribution >= 4 is 22.5 Å². The Morgan fingerprint density at radius 1 is 1.14 bits per heavy atom. The summed E-state index contributed by atoms with van der Waals surface area (Å²) in [6, 6.07) is 10.6. The van der Waals surface area contributed by atoms with Gasteiger partial charge in [-0.05, 0) is 42.2 Å². The van der Waals surface area contributed by atoms with Crippen molar-refractivity contribution in [2.75, 3.05) is 0 Å². The van der Waals surface area contributed by atoms with E-state index in [0.717, 1.165) is 23.6 Å². The molecule has 0 radical (unpaired) electrons.